The molecule has 0 aliphatic heterocycles. The number of ether oxygens (including phenoxy) is 1. The summed E-state index contributed by atoms with van der Waals surface area (Å²) in [5, 5.41) is 1.11. The Morgan fingerprint density at radius 2 is 1.79 bits per heavy atom. The summed E-state index contributed by atoms with van der Waals surface area (Å²) in [6, 6.07) is 5.38. The first-order chi connectivity index (χ1) is 13.3. The highest BCUT2D eigenvalue weighted by molar-refractivity contribution is 7.92. The third-order valence-corrected chi connectivity index (χ3v) is 4.86. The minimum Gasteiger partial charge on any atom is -0.427 e. The number of nitrogens with one attached hydrogen (secondary N) is 1. The zero-order valence-electron chi connectivity index (χ0n) is 15.6. The van der Waals surface area contributed by atoms with Crippen molar-refractivity contribution in [3.63, 3.8) is 0 Å². The van der Waals surface area contributed by atoms with Crippen LogP contribution in [0.4, 0.5) is 19.1 Å². The Balaban J connectivity index is 2.33. The number of amides is 1. The van der Waals surface area contributed by atoms with E-state index in [-0.39, 0.29) is 29.7 Å². The largest absolute Gasteiger partial charge is 0.503 e. The monoisotopic (exact) mass is 433 g/mol. The molecule has 0 fully saturated rings. The van der Waals surface area contributed by atoms with Crippen LogP contribution < -0.4 is 10.1 Å². The van der Waals surface area contributed by atoms with E-state index in [0.29, 0.717) is 0 Å². The lowest BCUT2D eigenvalue weighted by molar-refractivity contribution is -0.131. The molecule has 1 amide bonds. The number of sulfone groups is 1. The van der Waals surface area contributed by atoms with Crippen LogP contribution in [-0.4, -0.2) is 35.4 Å². The summed E-state index contributed by atoms with van der Waals surface area (Å²) < 4.78 is 67.7. The van der Waals surface area contributed by atoms with Crippen LogP contribution in [0.15, 0.2) is 35.5 Å². The maximum Gasteiger partial charge on any atom is 0.503 e. The predicted octanol–water partition coefficient (Wildman–Crippen LogP) is 3.01. The zero-order chi connectivity index (χ0) is 22.0. The van der Waals surface area contributed by atoms with Crippen molar-refractivity contribution < 1.29 is 35.9 Å². The summed E-state index contributed by atoms with van der Waals surface area (Å²) in [7, 11) is -5.66. The molecule has 29 heavy (non-hydrogen) atoms. The van der Waals surface area contributed by atoms with Gasteiger partial charge in [0.15, 0.2) is 5.03 Å². The molecule has 0 spiro atoms. The van der Waals surface area contributed by atoms with Gasteiger partial charge in [0.1, 0.15) is 5.75 Å². The number of hydrogen-bond acceptors (Lipinski definition) is 6. The van der Waals surface area contributed by atoms with Gasteiger partial charge >= 0.3 is 11.5 Å². The van der Waals surface area contributed by atoms with E-state index in [1.54, 1.807) is 13.8 Å². The highest BCUT2D eigenvalue weighted by atomic mass is 32.2. The quantitative estimate of drug-likeness (QED) is 0.554. The van der Waals surface area contributed by atoms with Crippen molar-refractivity contribution in [3.05, 3.63) is 36.0 Å². The number of carbonyl (C=O) groups excluding carboxylic acids is 2. The van der Waals surface area contributed by atoms with Gasteiger partial charge in [0.2, 0.25) is 5.95 Å². The summed E-state index contributed by atoms with van der Waals surface area (Å²) >= 11 is 0. The Hall–Kier alpha value is -2.89. The van der Waals surface area contributed by atoms with E-state index in [2.05, 4.69) is 10.3 Å². The van der Waals surface area contributed by atoms with Crippen LogP contribution in [0.2, 0.25) is 0 Å². The number of anilines is 1. The maximum atomic E-state index is 12.8. The third kappa shape index (κ3) is 5.34. The molecule has 2 rings (SSSR count). The van der Waals surface area contributed by atoms with Gasteiger partial charge < -0.3 is 9.30 Å². The first-order valence-electron chi connectivity index (χ1n) is 8.29. The predicted molar refractivity (Wildman–Crippen MR) is 96.0 cm³/mol. The highest BCUT2D eigenvalue weighted by Crippen LogP contribution is 2.30. The van der Waals surface area contributed by atoms with Gasteiger partial charge in [-0.25, -0.2) is 13.4 Å². The Bertz CT molecular complexity index is 1010. The lowest BCUT2D eigenvalue weighted by Crippen LogP contribution is -2.23. The molecule has 0 aliphatic rings. The molecule has 0 bridgehead atoms. The van der Waals surface area contributed by atoms with E-state index < -0.39 is 32.2 Å². The van der Waals surface area contributed by atoms with Crippen molar-refractivity contribution in [2.75, 3.05) is 5.32 Å². The summed E-state index contributed by atoms with van der Waals surface area (Å²) in [4.78, 5) is 26.8. The smallest absolute Gasteiger partial charge is 0.427 e. The normalized spacial score (nSPS) is 12.1. The van der Waals surface area contributed by atoms with Gasteiger partial charge in [0.05, 0.1) is 0 Å². The first-order valence-corrected chi connectivity index (χ1v) is 9.78. The Kier molecular flexibility index (Phi) is 6.36. The van der Waals surface area contributed by atoms with Gasteiger partial charge in [-0.3, -0.25) is 14.9 Å². The fourth-order valence-corrected chi connectivity index (χ4v) is 3.00. The summed E-state index contributed by atoms with van der Waals surface area (Å²) in [5.41, 5.74) is -5.42. The second-order valence-electron chi connectivity index (χ2n) is 6.47. The third-order valence-electron chi connectivity index (χ3n) is 3.50. The number of nitrogens with zero attached hydrogens (tertiary/aromatic N) is 2. The molecule has 1 heterocycles. The lowest BCUT2D eigenvalue weighted by Gasteiger charge is -2.11. The topological polar surface area (TPSA) is 107 Å². The second kappa shape index (κ2) is 8.23. The van der Waals surface area contributed by atoms with Crippen LogP contribution >= 0.6 is 0 Å². The Morgan fingerprint density at radius 1 is 1.21 bits per heavy atom. The molecule has 1 aromatic heterocycles. The van der Waals surface area contributed by atoms with E-state index in [0.717, 1.165) is 10.8 Å². The van der Waals surface area contributed by atoms with E-state index in [1.165, 1.54) is 31.2 Å². The number of carbonyl (C=O) groups is 2. The van der Waals surface area contributed by atoms with Gasteiger partial charge in [0, 0.05) is 25.2 Å². The molecule has 0 unspecified atom stereocenters. The van der Waals surface area contributed by atoms with Crippen molar-refractivity contribution >= 4 is 27.7 Å². The molecule has 1 N–H and O–H groups in total. The molecule has 0 radical (unpaired) electrons. The molecular formula is C17H18F3N3O5S. The molecule has 2 aromatic rings. The molecule has 0 aliphatic carbocycles. The van der Waals surface area contributed by atoms with E-state index in [4.69, 9.17) is 4.74 Å². The second-order valence-corrected chi connectivity index (χ2v) is 8.36. The molecule has 1 aromatic carbocycles. The van der Waals surface area contributed by atoms with Gasteiger partial charge in [-0.1, -0.05) is 13.8 Å². The van der Waals surface area contributed by atoms with Crippen LogP contribution in [0.3, 0.4) is 0 Å². The molecule has 158 valence electrons. The number of rotatable bonds is 6. The van der Waals surface area contributed by atoms with Crippen molar-refractivity contribution in [1.29, 1.82) is 0 Å². The van der Waals surface area contributed by atoms with Crippen LogP contribution in [0.5, 0.6) is 5.75 Å². The van der Waals surface area contributed by atoms with Crippen LogP contribution in [0, 0.1) is 5.92 Å². The molecule has 0 saturated heterocycles. The van der Waals surface area contributed by atoms with Crippen LogP contribution in [0.25, 0.3) is 0 Å². The van der Waals surface area contributed by atoms with Crippen molar-refractivity contribution in [1.82, 2.24) is 9.55 Å². The number of aromatic nitrogens is 2. The van der Waals surface area contributed by atoms with Gasteiger partial charge in [-0.15, -0.1) is 0 Å². The average Bonchev–Trinajstić information content (AvgIpc) is 2.96. The highest BCUT2D eigenvalue weighted by Gasteiger charge is 2.48. The number of alkyl halides is 3. The maximum absolute atomic E-state index is 12.8. The van der Waals surface area contributed by atoms with Gasteiger partial charge in [0.25, 0.3) is 15.7 Å². The van der Waals surface area contributed by atoms with E-state index in [1.807, 2.05) is 0 Å². The van der Waals surface area contributed by atoms with Crippen molar-refractivity contribution in [2.45, 2.75) is 37.9 Å². The van der Waals surface area contributed by atoms with Gasteiger partial charge in [-0.05, 0) is 30.2 Å². The van der Waals surface area contributed by atoms with Crippen molar-refractivity contribution in [2.24, 2.45) is 5.92 Å². The number of imidazole rings is 1. The molecule has 8 nitrogen and oxygen atoms in total. The minimum absolute atomic E-state index is 0.0655. The average molecular weight is 433 g/mol. The van der Waals surface area contributed by atoms with Crippen LogP contribution in [-0.2, 0) is 21.2 Å². The Labute approximate surface area is 164 Å². The number of esters is 1. The summed E-state index contributed by atoms with van der Waals surface area (Å²) in [6.07, 6.45) is 0.738. The first kappa shape index (κ1) is 22.4. The summed E-state index contributed by atoms with van der Waals surface area (Å²) in [5.74, 6) is -1.48. The summed E-state index contributed by atoms with van der Waals surface area (Å²) in [6.45, 7) is 4.86. The Morgan fingerprint density at radius 3 is 2.28 bits per heavy atom. The number of benzene rings is 1. The van der Waals surface area contributed by atoms with Gasteiger partial charge in [-0.2, -0.15) is 13.2 Å². The van der Waals surface area contributed by atoms with Crippen LogP contribution in [0.1, 0.15) is 31.1 Å². The molecule has 0 saturated carbocycles. The lowest BCUT2D eigenvalue weighted by atomic mass is 10.2. The van der Waals surface area contributed by atoms with E-state index >= 15 is 0 Å². The standard InChI is InChI=1S/C17H18F3N3O5S/c1-10(2)8-23-9-14(29(26,27)17(18,19)20)21-16(23)22-15(25)12-4-6-13(7-5-12)28-11(3)24/h4-7,9-10H,8H2,1-3H3,(H,21,22,25). The fraction of sp³-hybridized carbons (Fsp3) is 0.353. The molecular weight excluding hydrogens is 415 g/mol. The number of hydrogen-bond donors (Lipinski definition) is 1. The van der Waals surface area contributed by atoms with E-state index in [9.17, 15) is 31.2 Å². The van der Waals surface area contributed by atoms with Crippen molar-refractivity contribution in [3.8, 4) is 5.75 Å². The minimum atomic E-state index is -5.66. The number of halogens is 3. The molecule has 0 atom stereocenters. The zero-order valence-corrected chi connectivity index (χ0v) is 16.5. The SMILES string of the molecule is CC(=O)Oc1ccc(C(=O)Nc2nc(S(=O)(=O)C(F)(F)F)cn2CC(C)C)cc1. The molecule has 12 heteroatoms. The fourth-order valence-electron chi connectivity index (χ4n) is 2.29.